The fourth-order valence-electron chi connectivity index (χ4n) is 2.59. The molecule has 0 aliphatic carbocycles. The highest BCUT2D eigenvalue weighted by Crippen LogP contribution is 2.28. The maximum absolute atomic E-state index is 12.4. The molecule has 3 heterocycles. The molecule has 25 heavy (non-hydrogen) atoms. The number of pyridine rings is 1. The zero-order valence-corrected chi connectivity index (χ0v) is 15.5. The van der Waals surface area contributed by atoms with Gasteiger partial charge in [0, 0.05) is 42.7 Å². The lowest BCUT2D eigenvalue weighted by atomic mass is 9.92. The average molecular weight is 358 g/mol. The van der Waals surface area contributed by atoms with Crippen LogP contribution in [0.25, 0.3) is 0 Å². The second-order valence-corrected chi connectivity index (χ2v) is 8.19. The molecule has 3 rings (SSSR count). The van der Waals surface area contributed by atoms with Crippen molar-refractivity contribution in [2.45, 2.75) is 44.4 Å². The van der Waals surface area contributed by atoms with Crippen molar-refractivity contribution in [3.05, 3.63) is 52.2 Å². The van der Waals surface area contributed by atoms with E-state index < -0.39 is 0 Å². The van der Waals surface area contributed by atoms with Gasteiger partial charge in [0.25, 0.3) is 5.56 Å². The Hall–Kier alpha value is -2.15. The summed E-state index contributed by atoms with van der Waals surface area (Å²) in [4.78, 5) is 33.5. The van der Waals surface area contributed by atoms with Gasteiger partial charge in [0.2, 0.25) is 5.91 Å². The van der Waals surface area contributed by atoms with Crippen molar-refractivity contribution in [1.29, 1.82) is 0 Å². The number of nitrogens with zero attached hydrogens (tertiary/aromatic N) is 3. The van der Waals surface area contributed by atoms with Gasteiger partial charge in [-0.2, -0.15) is 0 Å². The summed E-state index contributed by atoms with van der Waals surface area (Å²) in [5.41, 5.74) is 1.53. The monoisotopic (exact) mass is 358 g/mol. The minimum Gasteiger partial charge on any atom is -0.352 e. The maximum atomic E-state index is 12.4. The van der Waals surface area contributed by atoms with Gasteiger partial charge in [-0.05, 0) is 17.7 Å². The molecule has 2 aromatic heterocycles. The number of fused-ring (bicyclic) bond motifs is 1. The van der Waals surface area contributed by atoms with Crippen LogP contribution in [0.5, 0.6) is 0 Å². The quantitative estimate of drug-likeness (QED) is 0.849. The molecule has 0 aromatic carbocycles. The molecule has 1 atom stereocenters. The third kappa shape index (κ3) is 4.10. The summed E-state index contributed by atoms with van der Waals surface area (Å²) in [5.74, 6) is 0.350. The number of nitrogens with one attached hydrogen (secondary N) is 1. The van der Waals surface area contributed by atoms with Crippen molar-refractivity contribution in [3.63, 3.8) is 0 Å². The lowest BCUT2D eigenvalue weighted by molar-refractivity contribution is -0.125. The Balaban J connectivity index is 1.71. The van der Waals surface area contributed by atoms with Gasteiger partial charge in [0.05, 0.1) is 11.6 Å². The van der Waals surface area contributed by atoms with Crippen molar-refractivity contribution >= 4 is 17.7 Å². The van der Waals surface area contributed by atoms with Crippen LogP contribution >= 0.6 is 11.8 Å². The summed E-state index contributed by atoms with van der Waals surface area (Å²) in [6, 6.07) is 5.32. The third-order valence-electron chi connectivity index (χ3n) is 4.15. The summed E-state index contributed by atoms with van der Waals surface area (Å²) < 4.78 is 1.61. The fraction of sp³-hybridized carbons (Fsp3) is 0.444. The molecule has 132 valence electrons. The minimum atomic E-state index is -0.237. The van der Waals surface area contributed by atoms with Gasteiger partial charge in [-0.15, -0.1) is 0 Å². The van der Waals surface area contributed by atoms with Crippen molar-refractivity contribution in [2.24, 2.45) is 5.92 Å². The van der Waals surface area contributed by atoms with Crippen LogP contribution in [0.15, 0.2) is 40.5 Å². The molecule has 0 saturated heterocycles. The molecule has 2 aromatic rings. The van der Waals surface area contributed by atoms with Crippen molar-refractivity contribution in [1.82, 2.24) is 19.9 Å². The lowest BCUT2D eigenvalue weighted by Gasteiger charge is -2.26. The van der Waals surface area contributed by atoms with E-state index in [1.807, 2.05) is 32.9 Å². The van der Waals surface area contributed by atoms with Crippen LogP contribution < -0.4 is 10.9 Å². The van der Waals surface area contributed by atoms with Gasteiger partial charge >= 0.3 is 0 Å². The number of hydrogen-bond donors (Lipinski definition) is 1. The minimum absolute atomic E-state index is 0.0400. The highest BCUT2D eigenvalue weighted by atomic mass is 32.2. The van der Waals surface area contributed by atoms with Crippen LogP contribution in [0.1, 0.15) is 32.0 Å². The van der Waals surface area contributed by atoms with Crippen molar-refractivity contribution in [3.8, 4) is 0 Å². The smallest absolute Gasteiger partial charge is 0.254 e. The van der Waals surface area contributed by atoms with Crippen molar-refractivity contribution in [2.75, 3.05) is 5.75 Å². The van der Waals surface area contributed by atoms with E-state index >= 15 is 0 Å². The number of amides is 1. The van der Waals surface area contributed by atoms with Crippen LogP contribution in [-0.2, 0) is 23.3 Å². The summed E-state index contributed by atoms with van der Waals surface area (Å²) in [6.45, 7) is 6.95. The molecular weight excluding hydrogens is 336 g/mol. The van der Waals surface area contributed by atoms with Gasteiger partial charge in [-0.3, -0.25) is 19.1 Å². The second-order valence-electron chi connectivity index (χ2n) is 7.20. The Morgan fingerprint density at radius 1 is 1.36 bits per heavy atom. The van der Waals surface area contributed by atoms with Crippen LogP contribution in [0.2, 0.25) is 0 Å². The zero-order valence-electron chi connectivity index (χ0n) is 14.7. The lowest BCUT2D eigenvalue weighted by Crippen LogP contribution is -2.40. The molecule has 1 aliphatic heterocycles. The van der Waals surface area contributed by atoms with Crippen LogP contribution in [0, 0.1) is 5.92 Å². The number of thioether (sulfide) groups is 1. The predicted molar refractivity (Wildman–Crippen MR) is 97.5 cm³/mol. The Labute approximate surface area is 151 Å². The van der Waals surface area contributed by atoms with Gasteiger partial charge in [-0.1, -0.05) is 32.5 Å². The Bertz CT molecular complexity index is 827. The first-order valence-electron chi connectivity index (χ1n) is 8.26. The highest BCUT2D eigenvalue weighted by Gasteiger charge is 2.28. The summed E-state index contributed by atoms with van der Waals surface area (Å²) in [7, 11) is 0. The second kappa shape index (κ2) is 7.00. The van der Waals surface area contributed by atoms with E-state index in [4.69, 9.17) is 0 Å². The molecular formula is C18H22N4O2S. The van der Waals surface area contributed by atoms with Gasteiger partial charge in [0.1, 0.15) is 0 Å². The van der Waals surface area contributed by atoms with Crippen LogP contribution in [-0.4, -0.2) is 26.2 Å². The molecule has 1 aliphatic rings. The van der Waals surface area contributed by atoms with E-state index in [1.54, 1.807) is 23.0 Å². The third-order valence-corrected chi connectivity index (χ3v) is 5.28. The number of rotatable bonds is 3. The number of carbonyl (C=O) groups excluding carboxylic acids is 1. The first-order chi connectivity index (χ1) is 11.8. The Kier molecular flexibility index (Phi) is 4.94. The molecule has 1 unspecified atom stereocenters. The SMILES string of the molecule is CC(C)(C)c1cc(=O)n2c(n1)SCC(C(=O)NCc1ccncc1)C2. The van der Waals surface area contributed by atoms with E-state index in [1.165, 1.54) is 11.8 Å². The van der Waals surface area contributed by atoms with Crippen LogP contribution in [0.4, 0.5) is 0 Å². The molecule has 7 heteroatoms. The van der Waals surface area contributed by atoms with E-state index in [9.17, 15) is 9.59 Å². The molecule has 1 amide bonds. The number of aromatic nitrogens is 3. The van der Waals surface area contributed by atoms with E-state index in [0.717, 1.165) is 11.3 Å². The summed E-state index contributed by atoms with van der Waals surface area (Å²) in [6.07, 6.45) is 3.40. The summed E-state index contributed by atoms with van der Waals surface area (Å²) in [5, 5.41) is 3.64. The number of hydrogen-bond acceptors (Lipinski definition) is 5. The molecule has 0 fully saturated rings. The first-order valence-corrected chi connectivity index (χ1v) is 9.25. The molecule has 1 N–H and O–H groups in total. The Morgan fingerprint density at radius 2 is 2.08 bits per heavy atom. The van der Waals surface area contributed by atoms with E-state index in [2.05, 4.69) is 15.3 Å². The topological polar surface area (TPSA) is 76.9 Å². The number of carbonyl (C=O) groups is 1. The fourth-order valence-corrected chi connectivity index (χ4v) is 3.68. The maximum Gasteiger partial charge on any atom is 0.254 e. The van der Waals surface area contributed by atoms with Crippen LogP contribution in [0.3, 0.4) is 0 Å². The van der Waals surface area contributed by atoms with Gasteiger partial charge in [-0.25, -0.2) is 4.98 Å². The van der Waals surface area contributed by atoms with Gasteiger partial charge in [0.15, 0.2) is 5.16 Å². The molecule has 0 radical (unpaired) electrons. The first kappa shape index (κ1) is 17.7. The molecule has 0 bridgehead atoms. The predicted octanol–water partition coefficient (Wildman–Crippen LogP) is 1.97. The average Bonchev–Trinajstić information content (AvgIpc) is 2.59. The Morgan fingerprint density at radius 3 is 2.76 bits per heavy atom. The van der Waals surface area contributed by atoms with E-state index in [0.29, 0.717) is 24.0 Å². The van der Waals surface area contributed by atoms with Gasteiger partial charge < -0.3 is 5.32 Å². The zero-order chi connectivity index (χ0) is 18.0. The highest BCUT2D eigenvalue weighted by molar-refractivity contribution is 7.99. The standard InChI is InChI=1S/C18H22N4O2S/c1-18(2,3)14-8-15(23)22-10-13(11-25-17(22)21-14)16(24)20-9-12-4-6-19-7-5-12/h4-8,13H,9-11H2,1-3H3,(H,20,24). The molecule has 6 nitrogen and oxygen atoms in total. The summed E-state index contributed by atoms with van der Waals surface area (Å²) >= 11 is 1.47. The van der Waals surface area contributed by atoms with E-state index in [-0.39, 0.29) is 22.8 Å². The molecule has 0 spiro atoms. The normalized spacial score (nSPS) is 17.0. The van der Waals surface area contributed by atoms with Crippen molar-refractivity contribution < 1.29 is 4.79 Å². The molecule has 0 saturated carbocycles. The largest absolute Gasteiger partial charge is 0.352 e.